The van der Waals surface area contributed by atoms with Crippen molar-refractivity contribution in [2.45, 2.75) is 0 Å². The molecule has 2 aromatic rings. The van der Waals surface area contributed by atoms with E-state index in [1.807, 2.05) is 0 Å². The third-order valence-electron chi connectivity index (χ3n) is 2.84. The van der Waals surface area contributed by atoms with Crippen LogP contribution >= 0.6 is 59.4 Å². The highest BCUT2D eigenvalue weighted by Crippen LogP contribution is 2.40. The number of halogens is 4. The Balaban J connectivity index is 1.95. The van der Waals surface area contributed by atoms with E-state index in [1.165, 1.54) is 12.3 Å². The molecule has 0 fully saturated rings. The molecule has 0 aliphatic carbocycles. The Hall–Kier alpha value is -1.29. The average molecular weight is 557 g/mol. The summed E-state index contributed by atoms with van der Waals surface area (Å²) in [6, 6.07) is 6.37. The van der Waals surface area contributed by atoms with Crippen LogP contribution < -0.4 is 10.2 Å². The lowest BCUT2D eigenvalue weighted by molar-refractivity contribution is -0.123. The Morgan fingerprint density at radius 1 is 1.20 bits per heavy atom. The summed E-state index contributed by atoms with van der Waals surface area (Å²) in [6.07, 6.45) is 1.24. The highest BCUT2D eigenvalue weighted by Gasteiger charge is 2.13. The van der Waals surface area contributed by atoms with Gasteiger partial charge in [0.1, 0.15) is 21.7 Å². The zero-order valence-electron chi connectivity index (χ0n) is 12.3. The van der Waals surface area contributed by atoms with E-state index in [-0.39, 0.29) is 22.6 Å². The molecule has 25 heavy (non-hydrogen) atoms. The van der Waals surface area contributed by atoms with Gasteiger partial charge in [-0.3, -0.25) is 4.79 Å². The van der Waals surface area contributed by atoms with Crippen LogP contribution in [-0.2, 0) is 4.79 Å². The Morgan fingerprint density at radius 2 is 1.92 bits per heavy atom. The second-order valence-electron chi connectivity index (χ2n) is 4.62. The number of nitrogens with zero attached hydrogens (tertiary/aromatic N) is 1. The van der Waals surface area contributed by atoms with E-state index in [2.05, 4.69) is 58.3 Å². The van der Waals surface area contributed by atoms with Crippen molar-refractivity contribution in [1.82, 2.24) is 5.43 Å². The molecule has 3 N–H and O–H groups in total. The van der Waals surface area contributed by atoms with E-state index in [1.54, 1.807) is 18.2 Å². The first-order chi connectivity index (χ1) is 11.8. The molecule has 10 heteroatoms. The summed E-state index contributed by atoms with van der Waals surface area (Å²) in [5, 5.41) is 23.8. The SMILES string of the molecule is O=C(COc1ccc(Cl)cc1Br)N/N=C\c1cc(Br)c(O)c(Br)c1O. The average Bonchev–Trinajstić information content (AvgIpc) is 2.56. The molecule has 0 aliphatic heterocycles. The molecule has 0 saturated heterocycles. The smallest absolute Gasteiger partial charge is 0.277 e. The molecule has 2 aromatic carbocycles. The van der Waals surface area contributed by atoms with Gasteiger partial charge in [0.05, 0.1) is 15.2 Å². The van der Waals surface area contributed by atoms with Gasteiger partial charge < -0.3 is 14.9 Å². The van der Waals surface area contributed by atoms with Crippen LogP contribution in [0.1, 0.15) is 5.56 Å². The molecular formula is C15H10Br3ClN2O4. The molecule has 0 bridgehead atoms. The minimum absolute atomic E-state index is 0.116. The zero-order chi connectivity index (χ0) is 18.6. The molecule has 0 spiro atoms. The predicted molar refractivity (Wildman–Crippen MR) is 106 cm³/mol. The van der Waals surface area contributed by atoms with Crippen molar-refractivity contribution >= 4 is 71.5 Å². The normalized spacial score (nSPS) is 10.9. The number of phenols is 2. The van der Waals surface area contributed by atoms with Gasteiger partial charge in [0.25, 0.3) is 5.91 Å². The van der Waals surface area contributed by atoms with Gasteiger partial charge in [0.15, 0.2) is 6.61 Å². The van der Waals surface area contributed by atoms with E-state index in [9.17, 15) is 15.0 Å². The molecule has 0 radical (unpaired) electrons. The Kier molecular flexibility index (Phi) is 7.12. The monoisotopic (exact) mass is 554 g/mol. The molecule has 1 amide bonds. The lowest BCUT2D eigenvalue weighted by atomic mass is 10.2. The van der Waals surface area contributed by atoms with Crippen LogP contribution in [0.3, 0.4) is 0 Å². The standard InChI is InChI=1S/C15H10Br3ClN2O4/c16-9-4-8(19)1-2-11(9)25-6-12(22)21-20-5-7-3-10(17)15(24)13(18)14(7)23/h1-5,23-24H,6H2,(H,21,22)/b20-5-. The number of hydrazone groups is 1. The summed E-state index contributed by atoms with van der Waals surface area (Å²) in [6.45, 7) is -0.257. The molecule has 0 unspecified atom stereocenters. The summed E-state index contributed by atoms with van der Waals surface area (Å²) >= 11 is 15.3. The van der Waals surface area contributed by atoms with E-state index in [4.69, 9.17) is 16.3 Å². The fraction of sp³-hybridized carbons (Fsp3) is 0.0667. The Labute approximate surface area is 173 Å². The van der Waals surface area contributed by atoms with Crippen molar-refractivity contribution in [2.75, 3.05) is 6.61 Å². The maximum Gasteiger partial charge on any atom is 0.277 e. The minimum Gasteiger partial charge on any atom is -0.506 e. The number of hydrogen-bond donors (Lipinski definition) is 3. The molecule has 6 nitrogen and oxygen atoms in total. The fourth-order valence-corrected chi connectivity index (χ4v) is 3.61. The van der Waals surface area contributed by atoms with Gasteiger partial charge in [0, 0.05) is 10.6 Å². The van der Waals surface area contributed by atoms with Crippen molar-refractivity contribution in [1.29, 1.82) is 0 Å². The molecule has 0 aromatic heterocycles. The van der Waals surface area contributed by atoms with Gasteiger partial charge in [-0.05, 0) is 72.1 Å². The number of aromatic hydroxyl groups is 2. The van der Waals surface area contributed by atoms with Gasteiger partial charge in [-0.2, -0.15) is 5.10 Å². The van der Waals surface area contributed by atoms with Gasteiger partial charge in [0.2, 0.25) is 0 Å². The third-order valence-corrected chi connectivity index (χ3v) is 5.05. The van der Waals surface area contributed by atoms with Gasteiger partial charge in [-0.1, -0.05) is 11.6 Å². The number of amides is 1. The van der Waals surface area contributed by atoms with Gasteiger partial charge >= 0.3 is 0 Å². The molecule has 0 saturated carbocycles. The second-order valence-corrected chi connectivity index (χ2v) is 7.55. The summed E-state index contributed by atoms with van der Waals surface area (Å²) in [5.41, 5.74) is 2.56. The summed E-state index contributed by atoms with van der Waals surface area (Å²) in [4.78, 5) is 11.7. The molecular weight excluding hydrogens is 547 g/mol. The number of phenolic OH excluding ortho intramolecular Hbond substituents is 2. The molecule has 132 valence electrons. The van der Waals surface area contributed by atoms with Crippen LogP contribution in [0.15, 0.2) is 42.8 Å². The lowest BCUT2D eigenvalue weighted by Gasteiger charge is -2.08. The lowest BCUT2D eigenvalue weighted by Crippen LogP contribution is -2.24. The minimum atomic E-state index is -0.491. The van der Waals surface area contributed by atoms with Crippen LogP contribution in [0.5, 0.6) is 17.2 Å². The van der Waals surface area contributed by atoms with Gasteiger partial charge in [-0.25, -0.2) is 5.43 Å². The van der Waals surface area contributed by atoms with E-state index < -0.39 is 5.91 Å². The van der Waals surface area contributed by atoms with Crippen molar-refractivity contribution in [3.63, 3.8) is 0 Å². The number of benzene rings is 2. The maximum atomic E-state index is 11.7. The largest absolute Gasteiger partial charge is 0.506 e. The number of hydrogen-bond acceptors (Lipinski definition) is 5. The highest BCUT2D eigenvalue weighted by molar-refractivity contribution is 9.11. The summed E-state index contributed by atoms with van der Waals surface area (Å²) in [7, 11) is 0. The van der Waals surface area contributed by atoms with Crippen molar-refractivity contribution in [2.24, 2.45) is 5.10 Å². The van der Waals surface area contributed by atoms with Crippen LogP contribution in [0.25, 0.3) is 0 Å². The van der Waals surface area contributed by atoms with Crippen molar-refractivity contribution < 1.29 is 19.7 Å². The Bertz CT molecular complexity index is 846. The number of rotatable bonds is 5. The maximum absolute atomic E-state index is 11.7. The number of nitrogens with one attached hydrogen (secondary N) is 1. The van der Waals surface area contributed by atoms with Crippen LogP contribution in [0.2, 0.25) is 5.02 Å². The third kappa shape index (κ3) is 5.34. The van der Waals surface area contributed by atoms with E-state index >= 15 is 0 Å². The van der Waals surface area contributed by atoms with E-state index in [0.29, 0.717) is 25.3 Å². The van der Waals surface area contributed by atoms with Crippen molar-refractivity contribution in [3.8, 4) is 17.2 Å². The number of carbonyl (C=O) groups excluding carboxylic acids is 1. The molecule has 2 rings (SSSR count). The van der Waals surface area contributed by atoms with Crippen LogP contribution in [0, 0.1) is 0 Å². The predicted octanol–water partition coefficient (Wildman–Crippen LogP) is 4.57. The summed E-state index contributed by atoms with van der Waals surface area (Å²) < 4.78 is 6.45. The quantitative estimate of drug-likeness (QED) is 0.371. The molecule has 0 heterocycles. The fourth-order valence-electron chi connectivity index (χ4n) is 1.66. The zero-order valence-corrected chi connectivity index (χ0v) is 17.8. The first-order valence-electron chi connectivity index (χ1n) is 6.59. The molecule has 0 aliphatic rings. The highest BCUT2D eigenvalue weighted by atomic mass is 79.9. The van der Waals surface area contributed by atoms with Crippen molar-refractivity contribution in [3.05, 3.63) is 48.3 Å². The first-order valence-corrected chi connectivity index (χ1v) is 9.35. The number of ether oxygens (including phenoxy) is 1. The second kappa shape index (κ2) is 8.88. The summed E-state index contributed by atoms with van der Waals surface area (Å²) in [5.74, 6) is -0.372. The first kappa shape index (κ1) is 20.0. The van der Waals surface area contributed by atoms with Crippen LogP contribution in [0.4, 0.5) is 0 Å². The van der Waals surface area contributed by atoms with E-state index in [0.717, 1.165) is 0 Å². The van der Waals surface area contributed by atoms with Crippen LogP contribution in [-0.4, -0.2) is 28.9 Å². The van der Waals surface area contributed by atoms with Gasteiger partial charge in [-0.15, -0.1) is 0 Å². The number of carbonyl (C=O) groups is 1. The molecule has 0 atom stereocenters. The Morgan fingerprint density at radius 3 is 2.60 bits per heavy atom. The topological polar surface area (TPSA) is 91.2 Å².